The average molecular weight is 237 g/mol. The standard InChI is InChI=1S/C12H8N6/c1-2-9-10(13-5-1)7-18(17-9)11-4-3-8-6-14-16-12(8)15-11/h1-7H,(H,14,15,16)/p+1. The van der Waals surface area contributed by atoms with Crippen molar-refractivity contribution in [1.29, 1.82) is 0 Å². The molecule has 0 aromatic carbocycles. The average Bonchev–Trinajstić information content (AvgIpc) is 3.04. The molecule has 18 heavy (non-hydrogen) atoms. The highest BCUT2D eigenvalue weighted by molar-refractivity contribution is 5.74. The molecule has 2 N–H and O–H groups in total. The number of nitrogens with zero attached hydrogens (tertiary/aromatic N) is 4. The second-order valence-corrected chi connectivity index (χ2v) is 4.02. The van der Waals surface area contributed by atoms with E-state index in [-0.39, 0.29) is 0 Å². The molecule has 0 unspecified atom stereocenters. The van der Waals surface area contributed by atoms with Crippen LogP contribution in [0.3, 0.4) is 0 Å². The van der Waals surface area contributed by atoms with Gasteiger partial charge in [-0.1, -0.05) is 0 Å². The molecule has 0 fully saturated rings. The van der Waals surface area contributed by atoms with E-state index in [1.54, 1.807) is 12.4 Å². The minimum Gasteiger partial charge on any atom is -0.251 e. The van der Waals surface area contributed by atoms with Crippen LogP contribution in [0.25, 0.3) is 27.9 Å². The summed E-state index contributed by atoms with van der Waals surface area (Å²) in [6.45, 7) is 0. The first-order chi connectivity index (χ1) is 8.90. The van der Waals surface area contributed by atoms with E-state index in [0.717, 1.165) is 27.9 Å². The minimum absolute atomic E-state index is 0.770. The molecule has 0 amide bonds. The van der Waals surface area contributed by atoms with Crippen LogP contribution in [0.2, 0.25) is 0 Å². The maximum absolute atomic E-state index is 4.49. The first-order valence-electron chi connectivity index (χ1n) is 5.56. The summed E-state index contributed by atoms with van der Waals surface area (Å²) >= 11 is 0. The number of aromatic amines is 2. The van der Waals surface area contributed by atoms with Crippen LogP contribution in [0.4, 0.5) is 0 Å². The van der Waals surface area contributed by atoms with Gasteiger partial charge in [-0.25, -0.2) is 10.2 Å². The second kappa shape index (κ2) is 3.36. The molecule has 0 saturated heterocycles. The Morgan fingerprint density at radius 2 is 2.17 bits per heavy atom. The molecule has 4 heterocycles. The van der Waals surface area contributed by atoms with Crippen molar-refractivity contribution in [2.75, 3.05) is 0 Å². The van der Waals surface area contributed by atoms with Gasteiger partial charge in [-0.05, 0) is 23.2 Å². The predicted molar refractivity (Wildman–Crippen MR) is 65.1 cm³/mol. The summed E-state index contributed by atoms with van der Waals surface area (Å²) in [5.74, 6) is 0.796. The Hall–Kier alpha value is -2.76. The first kappa shape index (κ1) is 9.29. The molecular formula is C12H9N6+. The SMILES string of the molecule is c1cnc2c[n+](-c3ccc4cn[nH]c4n3)[nH]c2c1. The van der Waals surface area contributed by atoms with Crippen molar-refractivity contribution < 1.29 is 4.68 Å². The summed E-state index contributed by atoms with van der Waals surface area (Å²) < 4.78 is 1.85. The lowest BCUT2D eigenvalue weighted by molar-refractivity contribution is -0.656. The van der Waals surface area contributed by atoms with Crippen molar-refractivity contribution in [2.45, 2.75) is 0 Å². The zero-order valence-electron chi connectivity index (χ0n) is 9.33. The summed E-state index contributed by atoms with van der Waals surface area (Å²) in [5.41, 5.74) is 2.65. The fraction of sp³-hybridized carbons (Fsp3) is 0. The first-order valence-corrected chi connectivity index (χ1v) is 5.56. The van der Waals surface area contributed by atoms with Crippen molar-refractivity contribution in [3.8, 4) is 5.82 Å². The van der Waals surface area contributed by atoms with Crippen molar-refractivity contribution in [3.05, 3.63) is 42.9 Å². The lowest BCUT2D eigenvalue weighted by atomic mass is 10.3. The van der Waals surface area contributed by atoms with E-state index in [1.807, 2.05) is 35.1 Å². The third-order valence-electron chi connectivity index (χ3n) is 2.86. The van der Waals surface area contributed by atoms with Gasteiger partial charge in [0.15, 0.2) is 0 Å². The van der Waals surface area contributed by atoms with Crippen molar-refractivity contribution in [2.24, 2.45) is 0 Å². The van der Waals surface area contributed by atoms with Gasteiger partial charge in [0.05, 0.1) is 11.6 Å². The van der Waals surface area contributed by atoms with Gasteiger partial charge in [-0.2, -0.15) is 5.10 Å². The van der Waals surface area contributed by atoms with E-state index < -0.39 is 0 Å². The topological polar surface area (TPSA) is 74.1 Å². The molecule has 0 spiro atoms. The molecule has 86 valence electrons. The highest BCUT2D eigenvalue weighted by atomic mass is 15.3. The molecule has 0 bridgehead atoms. The van der Waals surface area contributed by atoms with E-state index in [0.29, 0.717) is 0 Å². The molecule has 4 aromatic rings. The highest BCUT2D eigenvalue weighted by Gasteiger charge is 2.13. The van der Waals surface area contributed by atoms with Crippen LogP contribution in [0.5, 0.6) is 0 Å². The van der Waals surface area contributed by atoms with Gasteiger partial charge in [-0.15, -0.1) is 4.68 Å². The van der Waals surface area contributed by atoms with Crippen LogP contribution >= 0.6 is 0 Å². The quantitative estimate of drug-likeness (QED) is 0.487. The summed E-state index contributed by atoms with van der Waals surface area (Å²) in [5, 5.41) is 11.0. The van der Waals surface area contributed by atoms with Crippen LogP contribution in [0.15, 0.2) is 42.9 Å². The zero-order chi connectivity index (χ0) is 11.9. The lowest BCUT2D eigenvalue weighted by Crippen LogP contribution is -2.32. The number of pyridine rings is 2. The van der Waals surface area contributed by atoms with Crippen molar-refractivity contribution in [3.63, 3.8) is 0 Å². The number of hydrogen-bond donors (Lipinski definition) is 2. The Morgan fingerprint density at radius 1 is 1.17 bits per heavy atom. The monoisotopic (exact) mass is 237 g/mol. The number of nitrogens with one attached hydrogen (secondary N) is 2. The third-order valence-corrected chi connectivity index (χ3v) is 2.86. The maximum Gasteiger partial charge on any atom is 0.348 e. The third kappa shape index (κ3) is 1.29. The number of fused-ring (bicyclic) bond motifs is 2. The number of rotatable bonds is 1. The minimum atomic E-state index is 0.770. The molecule has 0 radical (unpaired) electrons. The van der Waals surface area contributed by atoms with E-state index in [4.69, 9.17) is 0 Å². The van der Waals surface area contributed by atoms with Gasteiger partial charge in [0.1, 0.15) is 17.2 Å². The summed E-state index contributed by atoms with van der Waals surface area (Å²) in [7, 11) is 0. The van der Waals surface area contributed by atoms with E-state index >= 15 is 0 Å². The van der Waals surface area contributed by atoms with Crippen LogP contribution in [-0.2, 0) is 0 Å². The fourth-order valence-electron chi connectivity index (χ4n) is 1.97. The molecule has 4 aromatic heterocycles. The highest BCUT2D eigenvalue weighted by Crippen LogP contribution is 2.10. The normalized spacial score (nSPS) is 11.3. The van der Waals surface area contributed by atoms with Gasteiger partial charge >= 0.3 is 5.82 Å². The largest absolute Gasteiger partial charge is 0.348 e. The summed E-state index contributed by atoms with van der Waals surface area (Å²) in [6.07, 6.45) is 5.44. The Labute approximate surface area is 101 Å². The Balaban J connectivity index is 1.94. The van der Waals surface area contributed by atoms with Crippen LogP contribution in [0.1, 0.15) is 0 Å². The molecule has 0 atom stereocenters. The van der Waals surface area contributed by atoms with Crippen LogP contribution in [-0.4, -0.2) is 25.3 Å². The van der Waals surface area contributed by atoms with Crippen molar-refractivity contribution >= 4 is 22.1 Å². The molecule has 0 aliphatic heterocycles. The molecule has 6 heteroatoms. The zero-order valence-corrected chi connectivity index (χ0v) is 9.33. The fourth-order valence-corrected chi connectivity index (χ4v) is 1.97. The number of H-pyrrole nitrogens is 2. The predicted octanol–water partition coefficient (Wildman–Crippen LogP) is 1.11. The Kier molecular flexibility index (Phi) is 1.74. The van der Waals surface area contributed by atoms with Crippen LogP contribution < -0.4 is 4.68 Å². The molecule has 0 saturated carbocycles. The van der Waals surface area contributed by atoms with Gasteiger partial charge in [0.2, 0.25) is 0 Å². The van der Waals surface area contributed by atoms with Gasteiger partial charge in [0, 0.05) is 12.3 Å². The van der Waals surface area contributed by atoms with E-state index in [1.165, 1.54) is 0 Å². The van der Waals surface area contributed by atoms with Gasteiger partial charge in [-0.3, -0.25) is 4.98 Å². The van der Waals surface area contributed by atoms with Gasteiger partial charge < -0.3 is 0 Å². The number of aromatic nitrogens is 6. The maximum atomic E-state index is 4.49. The Morgan fingerprint density at radius 3 is 3.11 bits per heavy atom. The molecule has 0 aliphatic rings. The Bertz CT molecular complexity index is 811. The molecule has 4 rings (SSSR count). The van der Waals surface area contributed by atoms with Crippen molar-refractivity contribution in [1.82, 2.24) is 25.3 Å². The van der Waals surface area contributed by atoms with E-state index in [2.05, 4.69) is 25.3 Å². The lowest BCUT2D eigenvalue weighted by Gasteiger charge is -1.88. The summed E-state index contributed by atoms with van der Waals surface area (Å²) in [6, 6.07) is 7.79. The molecule has 0 aliphatic carbocycles. The van der Waals surface area contributed by atoms with E-state index in [9.17, 15) is 0 Å². The molecular weight excluding hydrogens is 228 g/mol. The van der Waals surface area contributed by atoms with Crippen LogP contribution in [0, 0.1) is 0 Å². The number of hydrogen-bond acceptors (Lipinski definition) is 3. The second-order valence-electron chi connectivity index (χ2n) is 4.02. The summed E-state index contributed by atoms with van der Waals surface area (Å²) in [4.78, 5) is 8.77. The van der Waals surface area contributed by atoms with Gasteiger partial charge in [0.25, 0.3) is 5.65 Å². The molecule has 6 nitrogen and oxygen atoms in total. The smallest absolute Gasteiger partial charge is 0.251 e.